The molecule has 0 unspecified atom stereocenters. The SMILES string of the molecule is COc1ccc(NC(=O)CSc2nsc3nc4ccccc4n23)cc1OC. The Morgan fingerprint density at radius 2 is 2.00 bits per heavy atom. The molecule has 9 heteroatoms. The first-order chi connectivity index (χ1) is 13.2. The second-order valence-electron chi connectivity index (χ2n) is 5.59. The maximum Gasteiger partial charge on any atom is 0.234 e. The summed E-state index contributed by atoms with van der Waals surface area (Å²) in [5, 5.41) is 3.62. The molecule has 0 saturated carbocycles. The van der Waals surface area contributed by atoms with Gasteiger partial charge < -0.3 is 14.8 Å². The van der Waals surface area contributed by atoms with E-state index in [9.17, 15) is 4.79 Å². The van der Waals surface area contributed by atoms with Gasteiger partial charge in [-0.2, -0.15) is 4.37 Å². The highest BCUT2D eigenvalue weighted by Gasteiger charge is 2.14. The van der Waals surface area contributed by atoms with Crippen LogP contribution in [0.25, 0.3) is 16.0 Å². The Labute approximate surface area is 163 Å². The van der Waals surface area contributed by atoms with Crippen LogP contribution in [0.3, 0.4) is 0 Å². The molecular formula is C18H16N4O3S2. The van der Waals surface area contributed by atoms with E-state index in [1.165, 1.54) is 23.3 Å². The number of ether oxygens (including phenoxy) is 2. The highest BCUT2D eigenvalue weighted by molar-refractivity contribution is 7.99. The van der Waals surface area contributed by atoms with Crippen molar-refractivity contribution in [2.24, 2.45) is 0 Å². The van der Waals surface area contributed by atoms with Gasteiger partial charge >= 0.3 is 0 Å². The van der Waals surface area contributed by atoms with Gasteiger partial charge in [0.05, 0.1) is 31.0 Å². The lowest BCUT2D eigenvalue weighted by Crippen LogP contribution is -2.14. The minimum atomic E-state index is -0.127. The van der Waals surface area contributed by atoms with Crippen LogP contribution >= 0.6 is 23.3 Å². The van der Waals surface area contributed by atoms with Gasteiger partial charge in [0.2, 0.25) is 10.9 Å². The Morgan fingerprint density at radius 1 is 1.19 bits per heavy atom. The third-order valence-electron chi connectivity index (χ3n) is 3.93. The number of hydrogen-bond donors (Lipinski definition) is 1. The molecular weight excluding hydrogens is 384 g/mol. The summed E-state index contributed by atoms with van der Waals surface area (Å²) in [7, 11) is 3.13. The summed E-state index contributed by atoms with van der Waals surface area (Å²) >= 11 is 2.70. The van der Waals surface area contributed by atoms with Crippen molar-refractivity contribution in [1.29, 1.82) is 0 Å². The van der Waals surface area contributed by atoms with Gasteiger partial charge in [0, 0.05) is 23.3 Å². The van der Waals surface area contributed by atoms with Gasteiger partial charge in [0.15, 0.2) is 16.7 Å². The highest BCUT2D eigenvalue weighted by atomic mass is 32.2. The number of thioether (sulfide) groups is 1. The van der Waals surface area contributed by atoms with Crippen LogP contribution < -0.4 is 14.8 Å². The smallest absolute Gasteiger partial charge is 0.234 e. The summed E-state index contributed by atoms with van der Waals surface area (Å²) in [5.74, 6) is 1.29. The van der Waals surface area contributed by atoms with Crippen LogP contribution in [0.4, 0.5) is 5.69 Å². The van der Waals surface area contributed by atoms with E-state index in [-0.39, 0.29) is 11.7 Å². The zero-order chi connectivity index (χ0) is 18.8. The first-order valence-electron chi connectivity index (χ1n) is 8.07. The molecule has 7 nitrogen and oxygen atoms in total. The van der Waals surface area contributed by atoms with Crippen LogP contribution in [0.15, 0.2) is 47.6 Å². The molecule has 4 aromatic rings. The van der Waals surface area contributed by atoms with Crippen LogP contribution in [0.2, 0.25) is 0 Å². The molecule has 0 fully saturated rings. The molecule has 138 valence electrons. The minimum Gasteiger partial charge on any atom is -0.493 e. The largest absolute Gasteiger partial charge is 0.493 e. The van der Waals surface area contributed by atoms with Gasteiger partial charge in [-0.05, 0) is 24.3 Å². The Morgan fingerprint density at radius 3 is 2.81 bits per heavy atom. The number of carbonyl (C=O) groups excluding carboxylic acids is 1. The van der Waals surface area contributed by atoms with E-state index in [1.54, 1.807) is 32.4 Å². The number of benzene rings is 2. The van der Waals surface area contributed by atoms with Crippen LogP contribution in [-0.4, -0.2) is 39.6 Å². The summed E-state index contributed by atoms with van der Waals surface area (Å²) < 4.78 is 16.9. The summed E-state index contributed by atoms with van der Waals surface area (Å²) in [6.07, 6.45) is 0. The van der Waals surface area contributed by atoms with Crippen LogP contribution in [-0.2, 0) is 4.79 Å². The molecule has 0 spiro atoms. The van der Waals surface area contributed by atoms with Gasteiger partial charge in [-0.1, -0.05) is 23.9 Å². The van der Waals surface area contributed by atoms with Gasteiger partial charge in [-0.15, -0.1) is 0 Å². The number of aromatic nitrogens is 3. The predicted octanol–water partition coefficient (Wildman–Crippen LogP) is 3.69. The van der Waals surface area contributed by atoms with Crippen molar-refractivity contribution in [3.63, 3.8) is 0 Å². The van der Waals surface area contributed by atoms with E-state index in [0.29, 0.717) is 17.2 Å². The monoisotopic (exact) mass is 400 g/mol. The van der Waals surface area contributed by atoms with Crippen molar-refractivity contribution in [3.8, 4) is 11.5 Å². The van der Waals surface area contributed by atoms with Crippen LogP contribution in [0.1, 0.15) is 0 Å². The number of amides is 1. The topological polar surface area (TPSA) is 77.8 Å². The lowest BCUT2D eigenvalue weighted by atomic mass is 10.2. The third kappa shape index (κ3) is 3.43. The number of anilines is 1. The molecule has 1 amide bonds. The second kappa shape index (κ2) is 7.45. The van der Waals surface area contributed by atoms with Crippen molar-refractivity contribution < 1.29 is 14.3 Å². The van der Waals surface area contributed by atoms with Gasteiger partial charge in [-0.25, -0.2) is 4.98 Å². The summed E-state index contributed by atoms with van der Waals surface area (Å²) in [4.78, 5) is 17.7. The van der Waals surface area contributed by atoms with Gasteiger partial charge in [-0.3, -0.25) is 9.20 Å². The molecule has 0 aliphatic carbocycles. The van der Waals surface area contributed by atoms with Crippen molar-refractivity contribution in [2.75, 3.05) is 25.3 Å². The number of imidazole rings is 1. The average Bonchev–Trinajstić information content (AvgIpc) is 3.25. The first-order valence-corrected chi connectivity index (χ1v) is 9.83. The summed E-state index contributed by atoms with van der Waals surface area (Å²) in [6, 6.07) is 13.1. The number of rotatable bonds is 6. The molecule has 0 aliphatic rings. The molecule has 27 heavy (non-hydrogen) atoms. The molecule has 0 aliphatic heterocycles. The van der Waals surface area contributed by atoms with E-state index < -0.39 is 0 Å². The number of methoxy groups -OCH3 is 2. The Kier molecular flexibility index (Phi) is 4.87. The number of hydrogen-bond acceptors (Lipinski definition) is 7. The number of nitrogens with one attached hydrogen (secondary N) is 1. The fourth-order valence-electron chi connectivity index (χ4n) is 2.70. The van der Waals surface area contributed by atoms with E-state index in [1.807, 2.05) is 28.7 Å². The van der Waals surface area contributed by atoms with Gasteiger partial charge in [0.25, 0.3) is 0 Å². The van der Waals surface area contributed by atoms with Crippen molar-refractivity contribution in [1.82, 2.24) is 13.8 Å². The van der Waals surface area contributed by atoms with Crippen molar-refractivity contribution >= 4 is 50.9 Å². The predicted molar refractivity (Wildman–Crippen MR) is 107 cm³/mol. The quantitative estimate of drug-likeness (QED) is 0.498. The van der Waals surface area contributed by atoms with Crippen LogP contribution in [0, 0.1) is 0 Å². The van der Waals surface area contributed by atoms with E-state index >= 15 is 0 Å². The molecule has 0 radical (unpaired) electrons. The lowest BCUT2D eigenvalue weighted by molar-refractivity contribution is -0.113. The van der Waals surface area contributed by atoms with Crippen molar-refractivity contribution in [2.45, 2.75) is 5.16 Å². The molecule has 0 bridgehead atoms. The van der Waals surface area contributed by atoms with E-state index in [2.05, 4.69) is 14.7 Å². The standard InChI is InChI=1S/C18H16N4O3S2/c1-24-14-8-7-11(9-15(14)25-2)19-16(23)10-26-18-21-27-17-20-12-5-3-4-6-13(12)22(17)18/h3-9H,10H2,1-2H3,(H,19,23). The molecule has 1 N–H and O–H groups in total. The number of fused-ring (bicyclic) bond motifs is 3. The van der Waals surface area contributed by atoms with E-state index in [4.69, 9.17) is 9.47 Å². The Bertz CT molecular complexity index is 1120. The normalized spacial score (nSPS) is 11.0. The maximum atomic E-state index is 12.3. The van der Waals surface area contributed by atoms with Crippen LogP contribution in [0.5, 0.6) is 11.5 Å². The zero-order valence-corrected chi connectivity index (χ0v) is 16.3. The second-order valence-corrected chi connectivity index (χ2v) is 7.26. The molecule has 2 aromatic carbocycles. The van der Waals surface area contributed by atoms with E-state index in [0.717, 1.165) is 21.2 Å². The van der Waals surface area contributed by atoms with Gasteiger partial charge in [0.1, 0.15) is 0 Å². The minimum absolute atomic E-state index is 0.127. The van der Waals surface area contributed by atoms with Crippen molar-refractivity contribution in [3.05, 3.63) is 42.5 Å². The lowest BCUT2D eigenvalue weighted by Gasteiger charge is -2.10. The molecule has 0 saturated heterocycles. The Hall–Kier alpha value is -2.78. The molecule has 2 aromatic heterocycles. The third-order valence-corrected chi connectivity index (χ3v) is 5.68. The fraction of sp³-hybridized carbons (Fsp3) is 0.167. The number of nitrogens with zero attached hydrogens (tertiary/aromatic N) is 3. The number of para-hydroxylation sites is 2. The maximum absolute atomic E-state index is 12.3. The molecule has 4 rings (SSSR count). The fourth-order valence-corrected chi connectivity index (χ4v) is 4.38. The summed E-state index contributed by atoms with van der Waals surface area (Å²) in [5.41, 5.74) is 2.56. The average molecular weight is 400 g/mol. The molecule has 0 atom stereocenters. The first kappa shape index (κ1) is 17.6. The number of carbonyl (C=O) groups is 1. The Balaban J connectivity index is 1.47. The molecule has 2 heterocycles. The highest BCUT2D eigenvalue weighted by Crippen LogP contribution is 2.30. The zero-order valence-electron chi connectivity index (χ0n) is 14.6. The summed E-state index contributed by atoms with van der Waals surface area (Å²) in [6.45, 7) is 0.